The highest BCUT2D eigenvalue weighted by Crippen LogP contribution is 2.24. The Kier molecular flexibility index (Phi) is 7.90. The third kappa shape index (κ3) is 6.42. The van der Waals surface area contributed by atoms with Gasteiger partial charge in [-0.05, 0) is 50.9 Å². The van der Waals surface area contributed by atoms with Crippen molar-refractivity contribution in [3.63, 3.8) is 0 Å². The lowest BCUT2D eigenvalue weighted by molar-refractivity contribution is -0.888. The lowest BCUT2D eigenvalue weighted by atomic mass is 10.1. The summed E-state index contributed by atoms with van der Waals surface area (Å²) in [6.07, 6.45) is 6.28. The fourth-order valence-electron chi connectivity index (χ4n) is 2.78. The summed E-state index contributed by atoms with van der Waals surface area (Å²) >= 11 is 0.923. The molecule has 1 rings (SSSR count). The Balaban J connectivity index is 2.71. The van der Waals surface area contributed by atoms with E-state index in [0.717, 1.165) is 65.9 Å². The monoisotopic (exact) mass is 336 g/mol. The summed E-state index contributed by atoms with van der Waals surface area (Å²) in [6.45, 7) is 9.19. The summed E-state index contributed by atoms with van der Waals surface area (Å²) in [5, 5.41) is 9.11. The molecule has 0 saturated heterocycles. The van der Waals surface area contributed by atoms with E-state index in [9.17, 15) is 0 Å². The van der Waals surface area contributed by atoms with Gasteiger partial charge in [-0.2, -0.15) is 5.26 Å². The van der Waals surface area contributed by atoms with Gasteiger partial charge in [0, 0.05) is 29.9 Å². The van der Waals surface area contributed by atoms with Gasteiger partial charge in [-0.25, -0.2) is 0 Å². The van der Waals surface area contributed by atoms with Crippen molar-refractivity contribution in [2.24, 2.45) is 0 Å². The highest BCUT2D eigenvalue weighted by atomic mass is 32.2. The Morgan fingerprint density at radius 1 is 1.35 bits per heavy atom. The maximum absolute atomic E-state index is 9.11. The number of hydrogen-bond acceptors (Lipinski definition) is 4. The standard InChI is InChI=1S/C18H29N3OS/c1-15(14-19)18-8-7-16(2)20(17(3)13-18)9-6-10-21(4,5)11-12-23-22/h7,13H,6,8-12H2,1-5H3/p+1/b18-15+. The number of nitriles is 1. The Morgan fingerprint density at radius 2 is 2.04 bits per heavy atom. The summed E-state index contributed by atoms with van der Waals surface area (Å²) in [7, 11) is 4.42. The van der Waals surface area contributed by atoms with Gasteiger partial charge in [0.05, 0.1) is 39.0 Å². The van der Waals surface area contributed by atoms with Crippen LogP contribution in [0.5, 0.6) is 0 Å². The molecule has 4 nitrogen and oxygen atoms in total. The predicted molar refractivity (Wildman–Crippen MR) is 98.7 cm³/mol. The van der Waals surface area contributed by atoms with Gasteiger partial charge < -0.3 is 13.9 Å². The average Bonchev–Trinajstić information content (AvgIpc) is 2.65. The van der Waals surface area contributed by atoms with Crippen LogP contribution < -0.4 is 0 Å². The predicted octanol–water partition coefficient (Wildman–Crippen LogP) is 4.01. The molecule has 1 heterocycles. The molecule has 0 unspecified atom stereocenters. The van der Waals surface area contributed by atoms with E-state index in [4.69, 9.17) is 9.81 Å². The molecule has 0 amide bonds. The molecule has 1 N–H and O–H groups in total. The van der Waals surface area contributed by atoms with Crippen molar-refractivity contribution in [2.45, 2.75) is 33.6 Å². The van der Waals surface area contributed by atoms with Gasteiger partial charge in [-0.3, -0.25) is 0 Å². The maximum atomic E-state index is 9.11. The molecule has 0 fully saturated rings. The molecular weight excluding hydrogens is 306 g/mol. The van der Waals surface area contributed by atoms with Gasteiger partial charge >= 0.3 is 0 Å². The smallest absolute Gasteiger partial charge is 0.0947 e. The first kappa shape index (κ1) is 19.8. The molecular formula is C18H30N3OS+. The van der Waals surface area contributed by atoms with E-state index in [0.29, 0.717) is 0 Å². The van der Waals surface area contributed by atoms with E-state index >= 15 is 0 Å². The highest BCUT2D eigenvalue weighted by molar-refractivity contribution is 7.93. The van der Waals surface area contributed by atoms with Crippen LogP contribution in [-0.4, -0.2) is 53.4 Å². The fraction of sp³-hybridized carbons (Fsp3) is 0.611. The molecule has 0 aromatic carbocycles. The van der Waals surface area contributed by atoms with Crippen molar-refractivity contribution in [3.05, 3.63) is 34.7 Å². The number of nitrogens with zero attached hydrogens (tertiary/aromatic N) is 3. The zero-order chi connectivity index (χ0) is 17.5. The number of hydrogen-bond donors (Lipinski definition) is 1. The van der Waals surface area contributed by atoms with Gasteiger partial charge in [0.1, 0.15) is 0 Å². The summed E-state index contributed by atoms with van der Waals surface area (Å²) in [5.74, 6) is 0.774. The van der Waals surface area contributed by atoms with Crippen molar-refractivity contribution in [1.29, 1.82) is 5.26 Å². The minimum atomic E-state index is 0.774. The Labute approximate surface area is 145 Å². The summed E-state index contributed by atoms with van der Waals surface area (Å²) in [5.41, 5.74) is 4.38. The molecule has 0 aliphatic carbocycles. The van der Waals surface area contributed by atoms with Crippen LogP contribution >= 0.6 is 12.0 Å². The maximum Gasteiger partial charge on any atom is 0.0947 e. The van der Waals surface area contributed by atoms with Gasteiger partial charge in [0.2, 0.25) is 0 Å². The van der Waals surface area contributed by atoms with Crippen molar-refractivity contribution in [3.8, 4) is 6.07 Å². The summed E-state index contributed by atoms with van der Waals surface area (Å²) < 4.78 is 9.83. The summed E-state index contributed by atoms with van der Waals surface area (Å²) in [6, 6.07) is 2.26. The summed E-state index contributed by atoms with van der Waals surface area (Å²) in [4.78, 5) is 2.35. The van der Waals surface area contributed by atoms with Crippen LogP contribution in [0.1, 0.15) is 33.6 Å². The first-order valence-corrected chi connectivity index (χ1v) is 9.06. The third-order valence-corrected chi connectivity index (χ3v) is 4.80. The van der Waals surface area contributed by atoms with Gasteiger partial charge in [-0.1, -0.05) is 6.08 Å². The van der Waals surface area contributed by atoms with E-state index in [1.54, 1.807) is 0 Å². The number of rotatable bonds is 7. The van der Waals surface area contributed by atoms with Gasteiger partial charge in [0.15, 0.2) is 0 Å². The van der Waals surface area contributed by atoms with E-state index in [-0.39, 0.29) is 0 Å². The first-order valence-electron chi connectivity index (χ1n) is 8.11. The van der Waals surface area contributed by atoms with Crippen molar-refractivity contribution < 1.29 is 9.04 Å². The molecule has 0 aromatic heterocycles. The van der Waals surface area contributed by atoms with Crippen LogP contribution in [0.15, 0.2) is 34.7 Å². The number of allylic oxidation sites excluding steroid dienone is 6. The molecule has 1 aliphatic rings. The van der Waals surface area contributed by atoms with E-state index in [1.165, 1.54) is 11.4 Å². The highest BCUT2D eigenvalue weighted by Gasteiger charge is 2.17. The fourth-order valence-corrected chi connectivity index (χ4v) is 3.35. The van der Waals surface area contributed by atoms with E-state index in [2.05, 4.69) is 51.1 Å². The van der Waals surface area contributed by atoms with Crippen molar-refractivity contribution in [2.75, 3.05) is 39.5 Å². The molecule has 0 radical (unpaired) electrons. The van der Waals surface area contributed by atoms with Crippen LogP contribution in [0.25, 0.3) is 0 Å². The van der Waals surface area contributed by atoms with E-state index < -0.39 is 0 Å². The SMILES string of the molecule is CC1=CC/C(=C(/C)C#N)C=C(C)N1CCC[N+](C)(C)CCSO. The second-order valence-corrected chi connectivity index (χ2v) is 7.49. The third-order valence-electron chi connectivity index (χ3n) is 4.43. The largest absolute Gasteiger partial charge is 0.349 e. The quantitative estimate of drug-likeness (QED) is 0.433. The molecule has 0 atom stereocenters. The second kappa shape index (κ2) is 9.17. The lowest BCUT2D eigenvalue weighted by Crippen LogP contribution is -2.43. The molecule has 0 bridgehead atoms. The van der Waals surface area contributed by atoms with Crippen LogP contribution in [0, 0.1) is 11.3 Å². The van der Waals surface area contributed by atoms with Crippen LogP contribution in [0.4, 0.5) is 0 Å². The molecule has 0 spiro atoms. The molecule has 128 valence electrons. The molecule has 0 saturated carbocycles. The van der Waals surface area contributed by atoms with Crippen LogP contribution in [-0.2, 0) is 0 Å². The molecule has 23 heavy (non-hydrogen) atoms. The Hall–Kier alpha value is -1.22. The van der Waals surface area contributed by atoms with Crippen molar-refractivity contribution >= 4 is 12.0 Å². The minimum Gasteiger partial charge on any atom is -0.349 e. The zero-order valence-corrected chi connectivity index (χ0v) is 15.9. The molecule has 5 heteroatoms. The second-order valence-electron chi connectivity index (χ2n) is 6.82. The molecule has 1 aliphatic heterocycles. The van der Waals surface area contributed by atoms with Crippen LogP contribution in [0.2, 0.25) is 0 Å². The molecule has 0 aromatic rings. The van der Waals surface area contributed by atoms with Gasteiger partial charge in [-0.15, -0.1) is 0 Å². The topological polar surface area (TPSA) is 47.3 Å². The van der Waals surface area contributed by atoms with Crippen molar-refractivity contribution in [1.82, 2.24) is 4.90 Å². The van der Waals surface area contributed by atoms with Gasteiger partial charge in [0.25, 0.3) is 0 Å². The number of quaternary nitrogens is 1. The van der Waals surface area contributed by atoms with E-state index in [1.807, 2.05) is 6.92 Å². The normalized spacial score (nSPS) is 18.0. The lowest BCUT2D eigenvalue weighted by Gasteiger charge is -2.31. The Morgan fingerprint density at radius 3 is 2.65 bits per heavy atom. The Bertz CT molecular complexity index is 541. The zero-order valence-electron chi connectivity index (χ0n) is 15.1. The first-order chi connectivity index (χ1) is 10.8. The van der Waals surface area contributed by atoms with Crippen LogP contribution in [0.3, 0.4) is 0 Å². The minimum absolute atomic E-state index is 0.774. The average molecular weight is 337 g/mol.